The van der Waals surface area contributed by atoms with Crippen LogP contribution in [-0.4, -0.2) is 6.21 Å². The normalized spacial score (nSPS) is 11.6. The smallest absolute Gasteiger partial charge is 0.160 e. The highest BCUT2D eigenvalue weighted by Crippen LogP contribution is 2.16. The Hall–Kier alpha value is -2.29. The van der Waals surface area contributed by atoms with Crippen LogP contribution < -0.4 is 0 Å². The van der Waals surface area contributed by atoms with Crippen molar-refractivity contribution in [2.24, 2.45) is 4.99 Å². The largest absolute Gasteiger partial charge is 0.256 e. The van der Waals surface area contributed by atoms with Crippen LogP contribution in [0.15, 0.2) is 59.6 Å². The molecule has 0 fully saturated rings. The summed E-state index contributed by atoms with van der Waals surface area (Å²) in [7, 11) is 0. The number of allylic oxidation sites excluding steroid dienone is 2. The molecule has 3 heteroatoms. The average molecular weight is 285 g/mol. The molecule has 0 saturated heterocycles. The van der Waals surface area contributed by atoms with Gasteiger partial charge in [0.05, 0.1) is 5.69 Å². The summed E-state index contributed by atoms with van der Waals surface area (Å²) in [5.74, 6) is -1.75. The number of rotatable bonds is 5. The Morgan fingerprint density at radius 1 is 1.00 bits per heavy atom. The summed E-state index contributed by atoms with van der Waals surface area (Å²) in [6, 6.07) is 11.6. The van der Waals surface area contributed by atoms with E-state index in [1.807, 2.05) is 25.1 Å². The lowest BCUT2D eigenvalue weighted by Gasteiger charge is -2.00. The molecule has 0 aliphatic heterocycles. The maximum atomic E-state index is 13.1. The molecule has 0 N–H and O–H groups in total. The first kappa shape index (κ1) is 15.1. The van der Waals surface area contributed by atoms with Gasteiger partial charge in [0.1, 0.15) is 0 Å². The zero-order valence-electron chi connectivity index (χ0n) is 11.9. The molecule has 0 spiro atoms. The van der Waals surface area contributed by atoms with Gasteiger partial charge < -0.3 is 0 Å². The molecule has 0 aromatic heterocycles. The number of hydrogen-bond acceptors (Lipinski definition) is 1. The number of nitrogens with zero attached hydrogens (tertiary/aromatic N) is 1. The monoisotopic (exact) mass is 285 g/mol. The van der Waals surface area contributed by atoms with Gasteiger partial charge in [-0.15, -0.1) is 0 Å². The van der Waals surface area contributed by atoms with Gasteiger partial charge >= 0.3 is 0 Å². The standard InChI is InChI=1S/C18H17F2N/c1-2-3-4-5-14-6-8-15(9-7-14)13-21-16-10-11-17(19)18(20)12-16/h2-3,6-13H,4-5H2,1H3/b3-2+,21-13?. The Labute approximate surface area is 123 Å². The van der Waals surface area contributed by atoms with Crippen LogP contribution in [0.4, 0.5) is 14.5 Å². The summed E-state index contributed by atoms with van der Waals surface area (Å²) >= 11 is 0. The molecule has 0 aliphatic carbocycles. The molecular formula is C18H17F2N. The molecule has 2 aromatic rings. The number of aliphatic imine (C=N–C) groups is 1. The van der Waals surface area contributed by atoms with E-state index in [0.717, 1.165) is 30.5 Å². The van der Waals surface area contributed by atoms with Gasteiger partial charge in [-0.3, -0.25) is 4.99 Å². The third-order valence-corrected chi connectivity index (χ3v) is 3.08. The van der Waals surface area contributed by atoms with Crippen LogP contribution in [-0.2, 0) is 6.42 Å². The number of halogens is 2. The average Bonchev–Trinajstić information content (AvgIpc) is 2.50. The fourth-order valence-corrected chi connectivity index (χ4v) is 1.90. The van der Waals surface area contributed by atoms with E-state index in [-0.39, 0.29) is 0 Å². The van der Waals surface area contributed by atoms with Gasteiger partial charge in [0.2, 0.25) is 0 Å². The number of aryl methyl sites for hydroxylation is 1. The molecule has 0 heterocycles. The summed E-state index contributed by atoms with van der Waals surface area (Å²) in [5.41, 5.74) is 2.58. The van der Waals surface area contributed by atoms with Crippen LogP contribution in [0.25, 0.3) is 0 Å². The van der Waals surface area contributed by atoms with Crippen LogP contribution in [0, 0.1) is 11.6 Å². The zero-order valence-corrected chi connectivity index (χ0v) is 11.9. The Balaban J connectivity index is 2.02. The van der Waals surface area contributed by atoms with E-state index >= 15 is 0 Å². The number of benzene rings is 2. The van der Waals surface area contributed by atoms with E-state index in [1.165, 1.54) is 11.6 Å². The van der Waals surface area contributed by atoms with Gasteiger partial charge in [0.25, 0.3) is 0 Å². The molecule has 21 heavy (non-hydrogen) atoms. The minimum Gasteiger partial charge on any atom is -0.256 e. The topological polar surface area (TPSA) is 12.4 Å². The summed E-state index contributed by atoms with van der Waals surface area (Å²) in [4.78, 5) is 4.14. The van der Waals surface area contributed by atoms with E-state index in [4.69, 9.17) is 0 Å². The maximum Gasteiger partial charge on any atom is 0.160 e. The molecule has 0 radical (unpaired) electrons. The van der Waals surface area contributed by atoms with Gasteiger partial charge in [-0.2, -0.15) is 0 Å². The van der Waals surface area contributed by atoms with Gasteiger partial charge in [-0.1, -0.05) is 36.4 Å². The summed E-state index contributed by atoms with van der Waals surface area (Å²) < 4.78 is 25.9. The van der Waals surface area contributed by atoms with Crippen LogP contribution in [0.2, 0.25) is 0 Å². The summed E-state index contributed by atoms with van der Waals surface area (Å²) in [6.07, 6.45) is 7.85. The van der Waals surface area contributed by atoms with Crippen LogP contribution in [0.5, 0.6) is 0 Å². The lowest BCUT2D eigenvalue weighted by Crippen LogP contribution is -1.86. The van der Waals surface area contributed by atoms with E-state index in [9.17, 15) is 8.78 Å². The molecule has 0 saturated carbocycles. The molecular weight excluding hydrogens is 268 g/mol. The second-order valence-electron chi connectivity index (χ2n) is 4.71. The van der Waals surface area contributed by atoms with Gasteiger partial charge in [-0.25, -0.2) is 8.78 Å². The Morgan fingerprint density at radius 3 is 2.43 bits per heavy atom. The lowest BCUT2D eigenvalue weighted by molar-refractivity contribution is 0.509. The second-order valence-corrected chi connectivity index (χ2v) is 4.71. The maximum absolute atomic E-state index is 13.1. The molecule has 2 aromatic carbocycles. The third kappa shape index (κ3) is 4.63. The highest BCUT2D eigenvalue weighted by molar-refractivity contribution is 5.81. The molecule has 0 aliphatic rings. The first-order valence-corrected chi connectivity index (χ1v) is 6.88. The number of hydrogen-bond donors (Lipinski definition) is 0. The first-order chi connectivity index (χ1) is 10.2. The minimum atomic E-state index is -0.885. The zero-order chi connectivity index (χ0) is 15.1. The molecule has 1 nitrogen and oxygen atoms in total. The first-order valence-electron chi connectivity index (χ1n) is 6.88. The lowest BCUT2D eigenvalue weighted by atomic mass is 10.1. The summed E-state index contributed by atoms with van der Waals surface area (Å²) in [5, 5.41) is 0. The third-order valence-electron chi connectivity index (χ3n) is 3.08. The van der Waals surface area contributed by atoms with Crippen LogP contribution in [0.3, 0.4) is 0 Å². The van der Waals surface area contributed by atoms with Gasteiger partial charge in [0.15, 0.2) is 11.6 Å². The predicted octanol–water partition coefficient (Wildman–Crippen LogP) is 5.22. The Kier molecular flexibility index (Phi) is 5.38. The molecule has 0 bridgehead atoms. The van der Waals surface area contributed by atoms with Crippen molar-refractivity contribution >= 4 is 11.9 Å². The van der Waals surface area contributed by atoms with E-state index in [0.29, 0.717) is 5.69 Å². The minimum absolute atomic E-state index is 0.394. The molecule has 2 rings (SSSR count). The van der Waals surface area contributed by atoms with Crippen molar-refractivity contribution < 1.29 is 8.78 Å². The van der Waals surface area contributed by atoms with Crippen molar-refractivity contribution in [2.75, 3.05) is 0 Å². The van der Waals surface area contributed by atoms with E-state index < -0.39 is 11.6 Å². The molecule has 0 unspecified atom stereocenters. The van der Waals surface area contributed by atoms with E-state index in [2.05, 4.69) is 23.2 Å². The van der Waals surface area contributed by atoms with Crippen molar-refractivity contribution in [3.05, 3.63) is 77.4 Å². The Morgan fingerprint density at radius 2 is 1.76 bits per heavy atom. The van der Waals surface area contributed by atoms with Gasteiger partial charge in [0, 0.05) is 12.3 Å². The fourth-order valence-electron chi connectivity index (χ4n) is 1.90. The SMILES string of the molecule is C/C=C/CCc1ccc(C=Nc2ccc(F)c(F)c2)cc1. The molecule has 108 valence electrons. The van der Waals surface area contributed by atoms with E-state index in [1.54, 1.807) is 6.21 Å². The van der Waals surface area contributed by atoms with Crippen LogP contribution in [0.1, 0.15) is 24.5 Å². The molecule has 0 amide bonds. The predicted molar refractivity (Wildman–Crippen MR) is 83.2 cm³/mol. The summed E-state index contributed by atoms with van der Waals surface area (Å²) in [6.45, 7) is 2.01. The highest BCUT2D eigenvalue weighted by Gasteiger charge is 2.00. The quantitative estimate of drug-likeness (QED) is 0.527. The Bertz CT molecular complexity index is 643. The fraction of sp³-hybridized carbons (Fsp3) is 0.167. The van der Waals surface area contributed by atoms with Crippen molar-refractivity contribution in [2.45, 2.75) is 19.8 Å². The molecule has 0 atom stereocenters. The van der Waals surface area contributed by atoms with Gasteiger partial charge in [-0.05, 0) is 43.0 Å². The van der Waals surface area contributed by atoms with Crippen molar-refractivity contribution in [1.82, 2.24) is 0 Å². The highest BCUT2D eigenvalue weighted by atomic mass is 19.2. The van der Waals surface area contributed by atoms with Crippen LogP contribution >= 0.6 is 0 Å². The second kappa shape index (κ2) is 7.48. The van der Waals surface area contributed by atoms with Crippen molar-refractivity contribution in [3.63, 3.8) is 0 Å². The van der Waals surface area contributed by atoms with Crippen molar-refractivity contribution in [1.29, 1.82) is 0 Å². The van der Waals surface area contributed by atoms with Crippen molar-refractivity contribution in [3.8, 4) is 0 Å².